The molecule has 5 nitrogen and oxygen atoms in total. The largest absolute Gasteiger partial charge is 0.505 e. The van der Waals surface area contributed by atoms with Crippen LogP contribution in [0.2, 0.25) is 0 Å². The molecule has 0 amide bonds. The third kappa shape index (κ3) is 3.07. The number of phenols is 1. The van der Waals surface area contributed by atoms with E-state index in [1.807, 2.05) is 24.3 Å². The number of aryl methyl sites for hydroxylation is 1. The van der Waals surface area contributed by atoms with E-state index >= 15 is 0 Å². The van der Waals surface area contributed by atoms with Crippen LogP contribution in [0.3, 0.4) is 0 Å². The molecule has 1 aromatic heterocycles. The number of para-hydroxylation sites is 1. The summed E-state index contributed by atoms with van der Waals surface area (Å²) < 4.78 is 15.6. The SMILES string of the molecule is Oc1c(F)cccc1CNc1ccc(-c2nnc3n2CCCC3)cc1. The van der Waals surface area contributed by atoms with Gasteiger partial charge in [-0.2, -0.15) is 0 Å². The molecular weight excluding hydrogens is 319 g/mol. The summed E-state index contributed by atoms with van der Waals surface area (Å²) in [4.78, 5) is 0. The van der Waals surface area contributed by atoms with Gasteiger partial charge < -0.3 is 15.0 Å². The fraction of sp³-hybridized carbons (Fsp3) is 0.263. The van der Waals surface area contributed by atoms with E-state index in [4.69, 9.17) is 0 Å². The number of fused-ring (bicyclic) bond motifs is 1. The summed E-state index contributed by atoms with van der Waals surface area (Å²) in [7, 11) is 0. The van der Waals surface area contributed by atoms with Crippen LogP contribution in [0.4, 0.5) is 10.1 Å². The van der Waals surface area contributed by atoms with Crippen LogP contribution in [0.15, 0.2) is 42.5 Å². The maximum atomic E-state index is 13.4. The van der Waals surface area contributed by atoms with Gasteiger partial charge in [0.25, 0.3) is 0 Å². The number of halogens is 1. The molecule has 0 saturated heterocycles. The number of anilines is 1. The van der Waals surface area contributed by atoms with Crippen molar-refractivity contribution in [3.8, 4) is 17.1 Å². The van der Waals surface area contributed by atoms with Gasteiger partial charge >= 0.3 is 0 Å². The van der Waals surface area contributed by atoms with E-state index < -0.39 is 5.82 Å². The fourth-order valence-electron chi connectivity index (χ4n) is 3.16. The van der Waals surface area contributed by atoms with E-state index in [1.165, 1.54) is 12.5 Å². The highest BCUT2D eigenvalue weighted by atomic mass is 19.1. The Bertz CT molecular complexity index is 889. The summed E-state index contributed by atoms with van der Waals surface area (Å²) in [6.45, 7) is 1.32. The second-order valence-electron chi connectivity index (χ2n) is 6.23. The molecule has 6 heteroatoms. The third-order valence-corrected chi connectivity index (χ3v) is 4.56. The molecule has 128 valence electrons. The standard InChI is InChI=1S/C19H19FN4O/c20-16-5-3-4-14(18(16)25)12-21-15-9-7-13(8-10-15)19-23-22-17-6-1-2-11-24(17)19/h3-5,7-10,21,25H,1-2,6,11-12H2. The van der Waals surface area contributed by atoms with Gasteiger partial charge in [0.1, 0.15) is 5.82 Å². The molecule has 4 rings (SSSR count). The Hall–Kier alpha value is -2.89. The summed E-state index contributed by atoms with van der Waals surface area (Å²) in [5, 5.41) is 21.5. The van der Waals surface area contributed by atoms with E-state index in [0.717, 1.165) is 42.3 Å². The Balaban J connectivity index is 1.49. The molecule has 2 heterocycles. The predicted octanol–water partition coefficient (Wildman–Crippen LogP) is 3.74. The van der Waals surface area contributed by atoms with Crippen molar-refractivity contribution in [2.24, 2.45) is 0 Å². The zero-order chi connectivity index (χ0) is 17.2. The number of hydrogen-bond acceptors (Lipinski definition) is 4. The van der Waals surface area contributed by atoms with Gasteiger partial charge in [-0.25, -0.2) is 4.39 Å². The minimum atomic E-state index is -0.605. The first-order valence-corrected chi connectivity index (χ1v) is 8.45. The zero-order valence-corrected chi connectivity index (χ0v) is 13.7. The van der Waals surface area contributed by atoms with Crippen molar-refractivity contribution in [1.82, 2.24) is 14.8 Å². The number of rotatable bonds is 4. The molecule has 2 aromatic carbocycles. The fourth-order valence-corrected chi connectivity index (χ4v) is 3.16. The smallest absolute Gasteiger partial charge is 0.165 e. The molecule has 1 aliphatic heterocycles. The van der Waals surface area contributed by atoms with Gasteiger partial charge in [-0.15, -0.1) is 10.2 Å². The van der Waals surface area contributed by atoms with Crippen LogP contribution in [0.25, 0.3) is 11.4 Å². The Kier molecular flexibility index (Phi) is 4.09. The van der Waals surface area contributed by atoms with Gasteiger partial charge in [0.05, 0.1) is 0 Å². The molecule has 0 fully saturated rings. The Morgan fingerprint density at radius 1 is 1.08 bits per heavy atom. The van der Waals surface area contributed by atoms with Crippen LogP contribution in [-0.2, 0) is 19.5 Å². The summed E-state index contributed by atoms with van der Waals surface area (Å²) in [5.74, 6) is 1.06. The Morgan fingerprint density at radius 3 is 2.76 bits per heavy atom. The molecule has 0 radical (unpaired) electrons. The molecule has 0 spiro atoms. The minimum absolute atomic E-state index is 0.304. The average Bonchev–Trinajstić information content (AvgIpc) is 3.07. The minimum Gasteiger partial charge on any atom is -0.505 e. The lowest BCUT2D eigenvalue weighted by atomic mass is 10.1. The number of aromatic hydroxyl groups is 1. The number of nitrogens with zero attached hydrogens (tertiary/aromatic N) is 3. The molecular formula is C19H19FN4O. The number of phenolic OH excluding ortho intramolecular Hbond substituents is 1. The van der Waals surface area contributed by atoms with Crippen molar-refractivity contribution in [3.05, 3.63) is 59.7 Å². The van der Waals surface area contributed by atoms with E-state index in [-0.39, 0.29) is 5.75 Å². The van der Waals surface area contributed by atoms with E-state index in [2.05, 4.69) is 20.1 Å². The van der Waals surface area contributed by atoms with Crippen molar-refractivity contribution in [1.29, 1.82) is 0 Å². The Morgan fingerprint density at radius 2 is 1.92 bits per heavy atom. The number of aromatic nitrogens is 3. The zero-order valence-electron chi connectivity index (χ0n) is 13.7. The van der Waals surface area contributed by atoms with Gasteiger partial charge in [-0.05, 0) is 43.2 Å². The van der Waals surface area contributed by atoms with Crippen LogP contribution >= 0.6 is 0 Å². The lowest BCUT2D eigenvalue weighted by Crippen LogP contribution is -2.11. The van der Waals surface area contributed by atoms with E-state index in [1.54, 1.807) is 12.1 Å². The van der Waals surface area contributed by atoms with Crippen molar-refractivity contribution in [2.45, 2.75) is 32.4 Å². The number of nitrogens with one attached hydrogen (secondary N) is 1. The van der Waals surface area contributed by atoms with Crippen LogP contribution in [0, 0.1) is 5.82 Å². The van der Waals surface area contributed by atoms with Gasteiger partial charge in [0, 0.05) is 36.3 Å². The topological polar surface area (TPSA) is 63.0 Å². The highest BCUT2D eigenvalue weighted by Gasteiger charge is 2.16. The van der Waals surface area contributed by atoms with Crippen LogP contribution in [0.5, 0.6) is 5.75 Å². The predicted molar refractivity (Wildman–Crippen MR) is 93.8 cm³/mol. The summed E-state index contributed by atoms with van der Waals surface area (Å²) >= 11 is 0. The normalized spacial score (nSPS) is 13.5. The van der Waals surface area contributed by atoms with Gasteiger partial charge in [-0.3, -0.25) is 0 Å². The van der Waals surface area contributed by atoms with Crippen LogP contribution in [0.1, 0.15) is 24.2 Å². The van der Waals surface area contributed by atoms with E-state index in [0.29, 0.717) is 12.1 Å². The maximum Gasteiger partial charge on any atom is 0.165 e. The quantitative estimate of drug-likeness (QED) is 0.761. The first-order valence-electron chi connectivity index (χ1n) is 8.45. The molecule has 0 bridgehead atoms. The molecule has 25 heavy (non-hydrogen) atoms. The van der Waals surface area contributed by atoms with Gasteiger partial charge in [0.2, 0.25) is 0 Å². The number of hydrogen-bond donors (Lipinski definition) is 2. The van der Waals surface area contributed by atoms with Crippen molar-refractivity contribution < 1.29 is 9.50 Å². The van der Waals surface area contributed by atoms with E-state index in [9.17, 15) is 9.50 Å². The number of benzene rings is 2. The van der Waals surface area contributed by atoms with Crippen molar-refractivity contribution in [2.75, 3.05) is 5.32 Å². The highest BCUT2D eigenvalue weighted by Crippen LogP contribution is 2.25. The average molecular weight is 338 g/mol. The molecule has 1 aliphatic rings. The first kappa shape index (κ1) is 15.6. The van der Waals surface area contributed by atoms with Crippen molar-refractivity contribution >= 4 is 5.69 Å². The molecule has 0 atom stereocenters. The van der Waals surface area contributed by atoms with Gasteiger partial charge in [0.15, 0.2) is 17.4 Å². The second kappa shape index (κ2) is 6.55. The maximum absolute atomic E-state index is 13.4. The van der Waals surface area contributed by atoms with Crippen LogP contribution in [-0.4, -0.2) is 19.9 Å². The summed E-state index contributed by atoms with van der Waals surface area (Å²) in [6.07, 6.45) is 3.33. The van der Waals surface area contributed by atoms with Crippen molar-refractivity contribution in [3.63, 3.8) is 0 Å². The van der Waals surface area contributed by atoms with Gasteiger partial charge in [-0.1, -0.05) is 12.1 Å². The lowest BCUT2D eigenvalue weighted by molar-refractivity contribution is 0.427. The molecule has 2 N–H and O–H groups in total. The molecule has 3 aromatic rings. The molecule has 0 unspecified atom stereocenters. The lowest BCUT2D eigenvalue weighted by Gasteiger charge is -2.15. The monoisotopic (exact) mass is 338 g/mol. The Labute approximate surface area is 145 Å². The summed E-state index contributed by atoms with van der Waals surface area (Å²) in [5.41, 5.74) is 2.45. The first-order chi connectivity index (χ1) is 12.2. The van der Waals surface area contributed by atoms with Crippen LogP contribution < -0.4 is 5.32 Å². The third-order valence-electron chi connectivity index (χ3n) is 4.56. The molecule has 0 saturated carbocycles. The highest BCUT2D eigenvalue weighted by molar-refractivity contribution is 5.60. The summed E-state index contributed by atoms with van der Waals surface area (Å²) in [6, 6.07) is 12.4. The second-order valence-corrected chi connectivity index (χ2v) is 6.23. The molecule has 0 aliphatic carbocycles.